The average Bonchev–Trinajstić information content (AvgIpc) is 3.64. The van der Waals surface area contributed by atoms with Gasteiger partial charge in [0.25, 0.3) is 10.1 Å². The molecule has 2 aliphatic heterocycles. The summed E-state index contributed by atoms with van der Waals surface area (Å²) in [5, 5.41) is 0.834. The molecule has 2 bridgehead atoms. The first-order valence-corrected chi connectivity index (χ1v) is 15.7. The van der Waals surface area contributed by atoms with Crippen LogP contribution in [0.1, 0.15) is 55.7 Å². The largest absolute Gasteiger partial charge is 0.491 e. The average molecular weight is 575 g/mol. The molecule has 2 saturated heterocycles. The van der Waals surface area contributed by atoms with E-state index in [1.165, 1.54) is 12.4 Å². The highest BCUT2D eigenvalue weighted by atomic mass is 32.2. The number of hydrogen-bond acceptors (Lipinski definition) is 7. The number of aryl methyl sites for hydroxylation is 1. The molecule has 3 N–H and O–H groups in total. The van der Waals surface area contributed by atoms with Crippen molar-refractivity contribution in [3.8, 4) is 16.9 Å². The molecule has 4 aromatic rings. The fourth-order valence-corrected chi connectivity index (χ4v) is 7.42. The summed E-state index contributed by atoms with van der Waals surface area (Å²) >= 11 is 0. The first-order chi connectivity index (χ1) is 19.7. The molecule has 10 heteroatoms. The molecule has 3 fully saturated rings. The number of nitrogens with zero attached hydrogens (tertiary/aromatic N) is 3. The number of anilines is 1. The smallest absolute Gasteiger partial charge is 0.294 e. The second-order valence-corrected chi connectivity index (χ2v) is 13.4. The molecule has 9 nitrogen and oxygen atoms in total. The van der Waals surface area contributed by atoms with Gasteiger partial charge in [-0.15, -0.1) is 0 Å². The van der Waals surface area contributed by atoms with Crippen LogP contribution in [0.2, 0.25) is 0 Å². The number of rotatable bonds is 8. The number of aromatic nitrogens is 3. The number of benzene rings is 2. The normalized spacial score (nSPS) is 25.5. The van der Waals surface area contributed by atoms with E-state index in [0.29, 0.717) is 24.4 Å². The van der Waals surface area contributed by atoms with Gasteiger partial charge in [0.05, 0.1) is 16.4 Å². The lowest BCUT2D eigenvalue weighted by Gasteiger charge is -2.37. The molecule has 7 rings (SSSR count). The van der Waals surface area contributed by atoms with Crippen molar-refractivity contribution in [2.75, 3.05) is 12.3 Å². The second-order valence-electron chi connectivity index (χ2n) is 12.0. The zero-order valence-corrected chi connectivity index (χ0v) is 23.8. The van der Waals surface area contributed by atoms with E-state index in [9.17, 15) is 13.0 Å². The molecule has 2 aromatic carbocycles. The van der Waals surface area contributed by atoms with Crippen molar-refractivity contribution in [2.24, 2.45) is 5.92 Å². The van der Waals surface area contributed by atoms with Gasteiger partial charge in [0.1, 0.15) is 35.7 Å². The van der Waals surface area contributed by atoms with Crippen molar-refractivity contribution in [3.05, 3.63) is 66.1 Å². The fourth-order valence-electron chi connectivity index (χ4n) is 6.89. The molecule has 0 radical (unpaired) electrons. The summed E-state index contributed by atoms with van der Waals surface area (Å²) in [6, 6.07) is 13.1. The van der Waals surface area contributed by atoms with Gasteiger partial charge in [0.2, 0.25) is 0 Å². The highest BCUT2D eigenvalue weighted by Crippen LogP contribution is 2.46. The first kappa shape index (κ1) is 26.4. The first-order valence-electron chi connectivity index (χ1n) is 14.3. The van der Waals surface area contributed by atoms with E-state index in [1.807, 2.05) is 19.1 Å². The lowest BCUT2D eigenvalue weighted by atomic mass is 9.76. The minimum Gasteiger partial charge on any atom is -0.491 e. The van der Waals surface area contributed by atoms with Gasteiger partial charge in [0, 0.05) is 17.8 Å². The Hall–Kier alpha value is -3.47. The molecule has 0 unspecified atom stereocenters. The quantitative estimate of drug-likeness (QED) is 0.263. The Kier molecular flexibility index (Phi) is 6.33. The number of nitrogens with two attached hydrogens (primary N) is 1. The van der Waals surface area contributed by atoms with Crippen molar-refractivity contribution in [1.29, 1.82) is 0 Å². The third kappa shape index (κ3) is 4.87. The van der Waals surface area contributed by atoms with Crippen LogP contribution in [0, 0.1) is 12.8 Å². The lowest BCUT2D eigenvalue weighted by molar-refractivity contribution is -0.0198. The van der Waals surface area contributed by atoms with Gasteiger partial charge >= 0.3 is 0 Å². The Morgan fingerprint density at radius 3 is 2.68 bits per heavy atom. The van der Waals surface area contributed by atoms with Crippen molar-refractivity contribution in [1.82, 2.24) is 14.5 Å². The maximum Gasteiger partial charge on any atom is 0.294 e. The van der Waals surface area contributed by atoms with E-state index in [1.54, 1.807) is 12.1 Å². The Bertz CT molecular complexity index is 1740. The van der Waals surface area contributed by atoms with Crippen LogP contribution < -0.4 is 10.5 Å². The monoisotopic (exact) mass is 574 g/mol. The molecular weight excluding hydrogens is 540 g/mol. The predicted octanol–water partition coefficient (Wildman–Crippen LogP) is 5.52. The van der Waals surface area contributed by atoms with Crippen molar-refractivity contribution < 1.29 is 22.4 Å². The predicted molar refractivity (Wildman–Crippen MR) is 155 cm³/mol. The molecule has 0 amide bonds. The van der Waals surface area contributed by atoms with Crippen LogP contribution in [0.25, 0.3) is 22.2 Å². The Labute approximate surface area is 239 Å². The maximum absolute atomic E-state index is 11.6. The third-order valence-corrected chi connectivity index (χ3v) is 10.1. The van der Waals surface area contributed by atoms with Crippen molar-refractivity contribution in [2.45, 2.75) is 74.5 Å². The van der Waals surface area contributed by atoms with Crippen LogP contribution in [-0.4, -0.2) is 45.8 Å². The summed E-state index contributed by atoms with van der Waals surface area (Å²) < 4.78 is 47.4. The number of hydrogen-bond donors (Lipinski definition) is 2. The third-order valence-electron chi connectivity index (χ3n) is 9.28. The minimum atomic E-state index is -4.23. The van der Waals surface area contributed by atoms with E-state index in [4.69, 9.17) is 15.2 Å². The molecule has 0 spiro atoms. The minimum absolute atomic E-state index is 0.0590. The van der Waals surface area contributed by atoms with Gasteiger partial charge in [-0.2, -0.15) is 8.42 Å². The van der Waals surface area contributed by atoms with Gasteiger partial charge in [-0.3, -0.25) is 4.55 Å². The maximum atomic E-state index is 11.6. The summed E-state index contributed by atoms with van der Waals surface area (Å²) in [4.78, 5) is 8.85. The van der Waals surface area contributed by atoms with Crippen LogP contribution in [-0.2, 0) is 21.3 Å². The second kappa shape index (κ2) is 9.82. The summed E-state index contributed by atoms with van der Waals surface area (Å²) in [6.45, 7) is 2.53. The number of fused-ring (bicyclic) bond motifs is 3. The zero-order chi connectivity index (χ0) is 28.4. The van der Waals surface area contributed by atoms with Gasteiger partial charge in [-0.05, 0) is 98.7 Å². The topological polar surface area (TPSA) is 130 Å². The Balaban J connectivity index is 1.12. The summed E-state index contributed by atoms with van der Waals surface area (Å²) in [5.74, 6) is 1.64. The lowest BCUT2D eigenvalue weighted by Crippen LogP contribution is -2.32. The molecule has 2 aromatic heterocycles. The van der Waals surface area contributed by atoms with E-state index in [0.717, 1.165) is 84.0 Å². The molecule has 1 saturated carbocycles. The molecule has 0 atom stereocenters. The van der Waals surface area contributed by atoms with Crippen LogP contribution in [0.5, 0.6) is 5.75 Å². The molecule has 41 heavy (non-hydrogen) atoms. The standard InChI is InChI=1S/C31H34N4O5S/c1-19-5-6-26(41(36,37)38)15-22(19)11-20-12-23(13-20)35-16-27(28-29(32)33-18-34-30(28)35)21-3-2-4-25(14-21)39-17-31-9-7-24(40-31)8-10-31/h2-6,14-16,18,20,23-24H,7-13,17H2,1H3,(H2,32,33,34)(H,36,37,38). The van der Waals surface area contributed by atoms with Crippen LogP contribution in [0.3, 0.4) is 0 Å². The van der Waals surface area contributed by atoms with E-state index in [2.05, 4.69) is 32.9 Å². The molecule has 4 heterocycles. The number of nitrogen functional groups attached to an aromatic ring is 1. The molecule has 3 aliphatic rings. The Morgan fingerprint density at radius 1 is 1.15 bits per heavy atom. The van der Waals surface area contributed by atoms with Gasteiger partial charge in [0.15, 0.2) is 0 Å². The van der Waals surface area contributed by atoms with Gasteiger partial charge in [-0.25, -0.2) is 9.97 Å². The fraction of sp³-hybridized carbons (Fsp3) is 0.419. The molecule has 1 aliphatic carbocycles. The summed E-state index contributed by atoms with van der Waals surface area (Å²) in [7, 11) is -4.23. The van der Waals surface area contributed by atoms with Gasteiger partial charge < -0.3 is 19.8 Å². The zero-order valence-electron chi connectivity index (χ0n) is 23.0. The SMILES string of the molecule is Cc1ccc(S(=O)(=O)O)cc1CC1CC(n2cc(-c3cccc(OCC45CCC(CC4)O5)c3)c3c(N)ncnc32)C1. The van der Waals surface area contributed by atoms with Crippen LogP contribution in [0.4, 0.5) is 5.82 Å². The van der Waals surface area contributed by atoms with Crippen molar-refractivity contribution >= 4 is 27.0 Å². The van der Waals surface area contributed by atoms with E-state index >= 15 is 0 Å². The van der Waals surface area contributed by atoms with E-state index in [-0.39, 0.29) is 16.5 Å². The molecular formula is C31H34N4O5S. The van der Waals surface area contributed by atoms with Gasteiger partial charge in [-0.1, -0.05) is 18.2 Å². The highest BCUT2D eigenvalue weighted by Gasteiger charge is 2.46. The van der Waals surface area contributed by atoms with E-state index < -0.39 is 10.1 Å². The van der Waals surface area contributed by atoms with Crippen LogP contribution >= 0.6 is 0 Å². The summed E-state index contributed by atoms with van der Waals surface area (Å²) in [6.07, 6.45) is 11.0. The Morgan fingerprint density at radius 2 is 1.95 bits per heavy atom. The summed E-state index contributed by atoms with van der Waals surface area (Å²) in [5.41, 5.74) is 11.0. The highest BCUT2D eigenvalue weighted by molar-refractivity contribution is 7.85. The van der Waals surface area contributed by atoms with Crippen LogP contribution in [0.15, 0.2) is 59.9 Å². The number of ether oxygens (including phenoxy) is 2. The van der Waals surface area contributed by atoms with Crippen molar-refractivity contribution in [3.63, 3.8) is 0 Å². The molecule has 214 valence electrons.